The van der Waals surface area contributed by atoms with Crippen LogP contribution in [0.2, 0.25) is 0 Å². The number of aryl methyl sites for hydroxylation is 2. The molecule has 0 bridgehead atoms. The van der Waals surface area contributed by atoms with Gasteiger partial charge < -0.3 is 20.2 Å². The van der Waals surface area contributed by atoms with E-state index in [0.717, 1.165) is 24.5 Å². The van der Waals surface area contributed by atoms with Crippen molar-refractivity contribution in [2.45, 2.75) is 58.2 Å². The van der Waals surface area contributed by atoms with E-state index in [2.05, 4.69) is 34.7 Å². The van der Waals surface area contributed by atoms with E-state index in [-0.39, 0.29) is 13.0 Å². The highest BCUT2D eigenvalue weighted by molar-refractivity contribution is 5.97. The number of amides is 1. The molecule has 1 amide bonds. The van der Waals surface area contributed by atoms with Gasteiger partial charge in [0.2, 0.25) is 0 Å². The Hall–Kier alpha value is -3.62. The molecule has 6 nitrogen and oxygen atoms in total. The predicted octanol–water partition coefficient (Wildman–Crippen LogP) is 5.11. The minimum Gasteiger partial charge on any atom is -0.441 e. The average Bonchev–Trinajstić information content (AvgIpc) is 3.29. The molecule has 1 heterocycles. The largest absolute Gasteiger partial charge is 0.441 e. The summed E-state index contributed by atoms with van der Waals surface area (Å²) in [7, 11) is 0. The number of nitrogens with zero attached hydrogens (tertiary/aromatic N) is 1. The van der Waals surface area contributed by atoms with Crippen molar-refractivity contribution >= 4 is 17.0 Å². The van der Waals surface area contributed by atoms with Crippen LogP contribution in [0.5, 0.6) is 0 Å². The van der Waals surface area contributed by atoms with Gasteiger partial charge in [-0.1, -0.05) is 38.1 Å². The average molecular weight is 522 g/mol. The molecule has 0 saturated heterocycles. The molecule has 0 fully saturated rings. The molecule has 2 atom stereocenters. The van der Waals surface area contributed by atoms with E-state index >= 15 is 0 Å². The summed E-state index contributed by atoms with van der Waals surface area (Å²) in [5.41, 5.74) is 4.12. The highest BCUT2D eigenvalue weighted by Crippen LogP contribution is 2.19. The van der Waals surface area contributed by atoms with Crippen LogP contribution in [-0.2, 0) is 25.8 Å². The highest BCUT2D eigenvalue weighted by Gasteiger charge is 2.23. The zero-order valence-corrected chi connectivity index (χ0v) is 21.6. The maximum absolute atomic E-state index is 13.8. The summed E-state index contributed by atoms with van der Waals surface area (Å²) in [6.07, 6.45) is 1.53. The fourth-order valence-corrected chi connectivity index (χ4v) is 4.42. The van der Waals surface area contributed by atoms with E-state index in [4.69, 9.17) is 4.42 Å². The fraction of sp³-hybridized carbons (Fsp3) is 0.333. The molecule has 8 heteroatoms. The predicted molar refractivity (Wildman–Crippen MR) is 143 cm³/mol. The van der Waals surface area contributed by atoms with Crippen LogP contribution in [0.3, 0.4) is 0 Å². The topological polar surface area (TPSA) is 87.4 Å². The van der Waals surface area contributed by atoms with Crippen LogP contribution < -0.4 is 10.6 Å². The molecule has 2 unspecified atom stereocenters. The molecule has 3 N–H and O–H groups in total. The lowest BCUT2D eigenvalue weighted by atomic mass is 10.00. The Morgan fingerprint density at radius 1 is 1.00 bits per heavy atom. The fourth-order valence-electron chi connectivity index (χ4n) is 4.42. The minimum atomic E-state index is -1.02. The number of oxazole rings is 1. The first kappa shape index (κ1) is 27.4. The van der Waals surface area contributed by atoms with Crippen molar-refractivity contribution in [2.24, 2.45) is 0 Å². The van der Waals surface area contributed by atoms with Crippen LogP contribution in [0, 0.1) is 11.6 Å². The van der Waals surface area contributed by atoms with Crippen molar-refractivity contribution in [3.63, 3.8) is 0 Å². The van der Waals surface area contributed by atoms with Gasteiger partial charge in [0.25, 0.3) is 5.91 Å². The number of aliphatic hydroxyl groups excluding tert-OH is 1. The Bertz CT molecular complexity index is 1370. The standard InChI is InChI=1S/C30H33F2N3O3/c1-3-6-29-34-25-10-9-22(15-28(25)38-29)30(37)35-26(14-21-12-23(31)16-24(32)13-21)27(36)18-33-17-20-8-5-7-19(4-2)11-20/h5,7-13,15-16,26-27,33,36H,3-4,6,14,17-18H2,1-2H3,(H,35,37). The van der Waals surface area contributed by atoms with Crippen molar-refractivity contribution in [1.29, 1.82) is 0 Å². The van der Waals surface area contributed by atoms with Gasteiger partial charge in [0.15, 0.2) is 11.5 Å². The normalized spacial score (nSPS) is 13.0. The first-order valence-electron chi connectivity index (χ1n) is 13.0. The Labute approximate surface area is 221 Å². The molecule has 200 valence electrons. The van der Waals surface area contributed by atoms with E-state index < -0.39 is 29.7 Å². The maximum Gasteiger partial charge on any atom is 0.251 e. The van der Waals surface area contributed by atoms with Crippen LogP contribution in [0.25, 0.3) is 11.1 Å². The number of carbonyl (C=O) groups is 1. The van der Waals surface area contributed by atoms with Gasteiger partial charge in [0.05, 0.1) is 12.1 Å². The molecule has 4 aromatic rings. The van der Waals surface area contributed by atoms with Crippen molar-refractivity contribution in [3.8, 4) is 0 Å². The summed E-state index contributed by atoms with van der Waals surface area (Å²) < 4.78 is 33.4. The third-order valence-corrected chi connectivity index (χ3v) is 6.40. The van der Waals surface area contributed by atoms with Crippen LogP contribution in [-0.4, -0.2) is 34.7 Å². The number of aliphatic hydroxyl groups is 1. The molecule has 1 aromatic heterocycles. The van der Waals surface area contributed by atoms with Gasteiger partial charge in [-0.05, 0) is 66.3 Å². The van der Waals surface area contributed by atoms with Crippen LogP contribution >= 0.6 is 0 Å². The van der Waals surface area contributed by atoms with E-state index in [0.29, 0.717) is 41.1 Å². The molecule has 0 radical (unpaired) electrons. The lowest BCUT2D eigenvalue weighted by Gasteiger charge is -2.25. The van der Waals surface area contributed by atoms with E-state index in [1.165, 1.54) is 17.7 Å². The molecule has 38 heavy (non-hydrogen) atoms. The SMILES string of the molecule is CCCc1nc2ccc(C(=O)NC(Cc3cc(F)cc(F)c3)C(O)CNCc3cccc(CC)c3)cc2o1. The van der Waals surface area contributed by atoms with Crippen molar-refractivity contribution < 1.29 is 23.1 Å². The molecule has 3 aromatic carbocycles. The first-order chi connectivity index (χ1) is 18.3. The number of fused-ring (bicyclic) bond motifs is 1. The van der Waals surface area contributed by atoms with Gasteiger partial charge in [0, 0.05) is 31.1 Å². The van der Waals surface area contributed by atoms with Crippen LogP contribution in [0.15, 0.2) is 65.1 Å². The van der Waals surface area contributed by atoms with E-state index in [1.54, 1.807) is 18.2 Å². The molecule has 0 aliphatic carbocycles. The molecule has 0 spiro atoms. The molecule has 4 rings (SSSR count). The van der Waals surface area contributed by atoms with Gasteiger partial charge in [-0.15, -0.1) is 0 Å². The number of hydrogen-bond donors (Lipinski definition) is 3. The summed E-state index contributed by atoms with van der Waals surface area (Å²) in [6.45, 7) is 4.81. The number of rotatable bonds is 12. The Kier molecular flexibility index (Phi) is 9.20. The summed E-state index contributed by atoms with van der Waals surface area (Å²) in [4.78, 5) is 17.6. The minimum absolute atomic E-state index is 0.0415. The van der Waals surface area contributed by atoms with Gasteiger partial charge >= 0.3 is 0 Å². The lowest BCUT2D eigenvalue weighted by Crippen LogP contribution is -2.48. The second-order valence-electron chi connectivity index (χ2n) is 9.47. The zero-order valence-electron chi connectivity index (χ0n) is 21.6. The summed E-state index contributed by atoms with van der Waals surface area (Å²) in [5.74, 6) is -1.26. The van der Waals surface area contributed by atoms with Crippen LogP contribution in [0.1, 0.15) is 53.2 Å². The van der Waals surface area contributed by atoms with Gasteiger partial charge in [-0.3, -0.25) is 4.79 Å². The Morgan fingerprint density at radius 2 is 1.76 bits per heavy atom. The van der Waals surface area contributed by atoms with Crippen molar-refractivity contribution in [3.05, 3.63) is 100 Å². The number of nitrogens with one attached hydrogen (secondary N) is 2. The highest BCUT2D eigenvalue weighted by atomic mass is 19.1. The monoisotopic (exact) mass is 521 g/mol. The number of hydrogen-bond acceptors (Lipinski definition) is 5. The van der Waals surface area contributed by atoms with Gasteiger partial charge in [0.1, 0.15) is 17.2 Å². The van der Waals surface area contributed by atoms with E-state index in [9.17, 15) is 18.7 Å². The lowest BCUT2D eigenvalue weighted by molar-refractivity contribution is 0.0830. The van der Waals surface area contributed by atoms with Crippen molar-refractivity contribution in [1.82, 2.24) is 15.6 Å². The van der Waals surface area contributed by atoms with Gasteiger partial charge in [-0.25, -0.2) is 13.8 Å². The third kappa shape index (κ3) is 7.24. The first-order valence-corrected chi connectivity index (χ1v) is 13.0. The second kappa shape index (κ2) is 12.8. The molecule has 0 saturated carbocycles. The quantitative estimate of drug-likeness (QED) is 0.241. The summed E-state index contributed by atoms with van der Waals surface area (Å²) >= 11 is 0. The Morgan fingerprint density at radius 3 is 2.50 bits per heavy atom. The van der Waals surface area contributed by atoms with Crippen molar-refractivity contribution in [2.75, 3.05) is 6.54 Å². The van der Waals surface area contributed by atoms with E-state index in [1.807, 2.05) is 19.1 Å². The number of aromatic nitrogens is 1. The molecule has 0 aliphatic rings. The Balaban J connectivity index is 1.48. The smallest absolute Gasteiger partial charge is 0.251 e. The number of benzene rings is 3. The third-order valence-electron chi connectivity index (χ3n) is 6.40. The van der Waals surface area contributed by atoms with Crippen LogP contribution in [0.4, 0.5) is 8.78 Å². The summed E-state index contributed by atoms with van der Waals surface area (Å²) in [6, 6.07) is 15.5. The molecular formula is C30H33F2N3O3. The maximum atomic E-state index is 13.8. The second-order valence-corrected chi connectivity index (χ2v) is 9.47. The zero-order chi connectivity index (χ0) is 27.1. The number of halogens is 2. The molecular weight excluding hydrogens is 488 g/mol. The molecule has 0 aliphatic heterocycles. The number of carbonyl (C=O) groups excluding carboxylic acids is 1. The van der Waals surface area contributed by atoms with Gasteiger partial charge in [-0.2, -0.15) is 0 Å². The summed E-state index contributed by atoms with van der Waals surface area (Å²) in [5, 5.41) is 17.1.